The molecule has 0 spiro atoms. The monoisotopic (exact) mass is 489 g/mol. The van der Waals surface area contributed by atoms with E-state index in [-0.39, 0.29) is 31.6 Å². The van der Waals surface area contributed by atoms with E-state index >= 15 is 0 Å². The van der Waals surface area contributed by atoms with Crippen molar-refractivity contribution in [3.63, 3.8) is 0 Å². The number of benzene rings is 1. The summed E-state index contributed by atoms with van der Waals surface area (Å²) >= 11 is 0. The summed E-state index contributed by atoms with van der Waals surface area (Å²) in [5, 5.41) is 2.89. The highest BCUT2D eigenvalue weighted by atomic mass is 19.4. The Labute approximate surface area is 198 Å². The van der Waals surface area contributed by atoms with Crippen molar-refractivity contribution in [2.24, 2.45) is 5.92 Å². The van der Waals surface area contributed by atoms with Gasteiger partial charge in [-0.1, -0.05) is 26.0 Å². The van der Waals surface area contributed by atoms with E-state index in [2.05, 4.69) is 5.32 Å². The molecule has 1 aromatic carbocycles. The highest BCUT2D eigenvalue weighted by Crippen LogP contribution is 2.29. The minimum absolute atomic E-state index is 0.0361. The number of carbonyl (C=O) groups excluding carboxylic acids is 4. The quantitative estimate of drug-likeness (QED) is 0.437. The number of rotatable bonds is 12. The lowest BCUT2D eigenvalue weighted by Gasteiger charge is -2.25. The summed E-state index contributed by atoms with van der Waals surface area (Å²) in [6, 6.07) is 1.41. The Kier molecular flexibility index (Phi) is 10.8. The highest BCUT2D eigenvalue weighted by Gasteiger charge is 2.31. The Bertz CT molecular complexity index is 877. The maximum Gasteiger partial charge on any atom is 0.416 e. The van der Waals surface area contributed by atoms with E-state index in [9.17, 15) is 32.3 Å². The number of ether oxygens (including phenoxy) is 2. The van der Waals surface area contributed by atoms with Crippen LogP contribution in [0.3, 0.4) is 0 Å². The van der Waals surface area contributed by atoms with Crippen LogP contribution in [-0.2, 0) is 41.2 Å². The van der Waals surface area contributed by atoms with E-state index in [1.54, 1.807) is 27.7 Å². The molecule has 0 fully saturated rings. The number of alkyl halides is 3. The van der Waals surface area contributed by atoms with E-state index in [1.165, 1.54) is 0 Å². The summed E-state index contributed by atoms with van der Waals surface area (Å²) in [7, 11) is 0. The normalized spacial score (nSPS) is 13.5. The molecule has 0 heterocycles. The molecule has 11 heteroatoms. The predicted octanol–water partition coefficient (Wildman–Crippen LogP) is 2.78. The Morgan fingerprint density at radius 3 is 2.12 bits per heavy atom. The zero-order chi connectivity index (χ0) is 26.8. The van der Waals surface area contributed by atoms with Gasteiger partial charge in [0.1, 0.15) is 12.1 Å². The molecule has 1 aromatic rings. The van der Waals surface area contributed by atoms with Gasteiger partial charge in [-0.2, -0.15) is 13.2 Å². The fraction of sp³-hybridized carbons (Fsp3) is 0.565. The van der Waals surface area contributed by atoms with Crippen LogP contribution in [-0.4, -0.2) is 49.1 Å². The molecule has 2 amide bonds. The van der Waals surface area contributed by atoms with Crippen LogP contribution in [0.5, 0.6) is 0 Å². The Balaban J connectivity index is 2.95. The highest BCUT2D eigenvalue weighted by molar-refractivity contribution is 5.91. The van der Waals surface area contributed by atoms with Crippen LogP contribution in [0.25, 0.3) is 0 Å². The third-order valence-electron chi connectivity index (χ3n) is 4.65. The molecule has 0 aliphatic carbocycles. The molecule has 0 unspecified atom stereocenters. The summed E-state index contributed by atoms with van der Waals surface area (Å²) in [6.07, 6.45) is -5.19. The van der Waals surface area contributed by atoms with Crippen LogP contribution in [0, 0.1) is 5.92 Å². The van der Waals surface area contributed by atoms with Crippen molar-refractivity contribution in [2.45, 2.75) is 65.2 Å². The minimum atomic E-state index is -4.52. The molecule has 0 saturated carbocycles. The molecule has 0 saturated heterocycles. The summed E-state index contributed by atoms with van der Waals surface area (Å²) in [5.74, 6) is -3.52. The second-order valence-electron chi connectivity index (χ2n) is 7.74. The molecule has 0 bridgehead atoms. The van der Waals surface area contributed by atoms with Crippen molar-refractivity contribution < 1.29 is 43.2 Å². The van der Waals surface area contributed by atoms with Crippen molar-refractivity contribution in [3.05, 3.63) is 35.4 Å². The number of nitrogens with one attached hydrogen (secondary N) is 2. The molecule has 2 atom stereocenters. The summed E-state index contributed by atoms with van der Waals surface area (Å²) < 4.78 is 56.2. The molecule has 0 aliphatic rings. The molecule has 0 aromatic heterocycles. The van der Waals surface area contributed by atoms with Gasteiger partial charge >= 0.3 is 18.1 Å². The Morgan fingerprint density at radius 1 is 1.03 bits per heavy atom. The number of hydrogen-bond acceptors (Lipinski definition) is 6. The standard InChI is InChI=1S/C23H31F3N2O6/c1-5-33-19(30)12-11-17(22(32)34-6-2)27-21(31)20(14(3)4)28-18(29)13-15-7-9-16(10-8-15)23(24,25)26/h7-10,14,17,20H,5-6,11-13H2,1-4H3,(H,27,31)(H,28,29)/t17-,20-/m0/s1/i/hD. The van der Waals surface area contributed by atoms with Crippen molar-refractivity contribution >= 4 is 23.8 Å². The predicted molar refractivity (Wildman–Crippen MR) is 116 cm³/mol. The zero-order valence-corrected chi connectivity index (χ0v) is 19.6. The lowest BCUT2D eigenvalue weighted by Crippen LogP contribution is -2.54. The van der Waals surface area contributed by atoms with Crippen molar-refractivity contribution in [3.8, 4) is 0 Å². The van der Waals surface area contributed by atoms with Gasteiger partial charge in [-0.25, -0.2) is 4.79 Å². The average Bonchev–Trinajstić information content (AvgIpc) is 2.76. The zero-order valence-electron chi connectivity index (χ0n) is 20.6. The summed E-state index contributed by atoms with van der Waals surface area (Å²) in [6.45, 7) is 6.57. The van der Waals surface area contributed by atoms with E-state index in [0.717, 1.165) is 24.3 Å². The van der Waals surface area contributed by atoms with Gasteiger partial charge in [0, 0.05) is 6.42 Å². The van der Waals surface area contributed by atoms with Crippen LogP contribution >= 0.6 is 0 Å². The molecule has 0 aliphatic heterocycles. The molecule has 2 N–H and O–H groups in total. The van der Waals surface area contributed by atoms with Crippen LogP contribution in [0.2, 0.25) is 1.41 Å². The number of esters is 2. The third kappa shape index (κ3) is 9.80. The molecule has 1 rings (SSSR count). The van der Waals surface area contributed by atoms with Crippen molar-refractivity contribution in [1.82, 2.24) is 10.6 Å². The van der Waals surface area contributed by atoms with Gasteiger partial charge in [0.25, 0.3) is 0 Å². The molecule has 190 valence electrons. The van der Waals surface area contributed by atoms with Gasteiger partial charge < -0.3 is 20.1 Å². The summed E-state index contributed by atoms with van der Waals surface area (Å²) in [5.41, 5.74) is -0.634. The van der Waals surface area contributed by atoms with Gasteiger partial charge in [-0.05, 0) is 43.9 Å². The van der Waals surface area contributed by atoms with Crippen molar-refractivity contribution in [1.29, 1.82) is 0 Å². The second-order valence-corrected chi connectivity index (χ2v) is 7.74. The topological polar surface area (TPSA) is 111 Å². The van der Waals surface area contributed by atoms with Gasteiger partial charge in [0.05, 0.1) is 25.2 Å². The lowest BCUT2D eigenvalue weighted by molar-refractivity contribution is -0.149. The maximum absolute atomic E-state index is 13.0. The van der Waals surface area contributed by atoms with Gasteiger partial charge in [0.15, 0.2) is 1.41 Å². The molecular weight excluding hydrogens is 457 g/mol. The average molecular weight is 490 g/mol. The fourth-order valence-corrected chi connectivity index (χ4v) is 2.94. The SMILES string of the molecule is [2H]N(C(=O)Cc1ccc(C(F)(F)F)cc1)[C@H](C(=O)N[C@@H](CCC(=O)OCC)C(=O)OCC)C(C)C. The Hall–Kier alpha value is -3.11. The van der Waals surface area contributed by atoms with Crippen LogP contribution in [0.15, 0.2) is 24.3 Å². The molecule has 0 radical (unpaired) electrons. The minimum Gasteiger partial charge on any atom is -0.466 e. The number of hydrogen-bond donors (Lipinski definition) is 2. The van der Waals surface area contributed by atoms with Gasteiger partial charge in [-0.15, -0.1) is 0 Å². The van der Waals surface area contributed by atoms with Crippen LogP contribution in [0.4, 0.5) is 13.2 Å². The molecule has 8 nitrogen and oxygen atoms in total. The fourth-order valence-electron chi connectivity index (χ4n) is 2.94. The first-order valence-corrected chi connectivity index (χ1v) is 10.9. The van der Waals surface area contributed by atoms with Gasteiger partial charge in [0.2, 0.25) is 11.8 Å². The van der Waals surface area contributed by atoms with Crippen molar-refractivity contribution in [2.75, 3.05) is 13.2 Å². The first-order chi connectivity index (χ1) is 16.3. The number of carbonyl (C=O) groups is 4. The molecule has 34 heavy (non-hydrogen) atoms. The number of amides is 2. The van der Waals surface area contributed by atoms with E-state index in [1.807, 2.05) is 0 Å². The maximum atomic E-state index is 13.0. The largest absolute Gasteiger partial charge is 0.466 e. The lowest BCUT2D eigenvalue weighted by atomic mass is 10.0. The third-order valence-corrected chi connectivity index (χ3v) is 4.65. The first kappa shape index (κ1) is 27.1. The second kappa shape index (κ2) is 13.6. The van der Waals surface area contributed by atoms with E-state index in [0.29, 0.717) is 5.31 Å². The smallest absolute Gasteiger partial charge is 0.416 e. The number of halogens is 3. The van der Waals surface area contributed by atoms with E-state index < -0.39 is 59.9 Å². The van der Waals surface area contributed by atoms with Crippen LogP contribution in [0.1, 0.15) is 51.7 Å². The van der Waals surface area contributed by atoms with Gasteiger partial charge in [-0.3, -0.25) is 14.4 Å². The van der Waals surface area contributed by atoms with E-state index in [4.69, 9.17) is 10.9 Å². The first-order valence-electron chi connectivity index (χ1n) is 11.4. The summed E-state index contributed by atoms with van der Waals surface area (Å²) in [4.78, 5) is 49.5. The van der Waals surface area contributed by atoms with Crippen LogP contribution < -0.4 is 10.6 Å². The molecular formula is C23H31F3N2O6. The Morgan fingerprint density at radius 2 is 1.62 bits per heavy atom.